The Morgan fingerprint density at radius 2 is 1.88 bits per heavy atom. The van der Waals surface area contributed by atoms with Crippen molar-refractivity contribution in [2.75, 3.05) is 13.2 Å². The highest BCUT2D eigenvalue weighted by atomic mass is 16.7. The lowest BCUT2D eigenvalue weighted by molar-refractivity contribution is -0.116. The standard InChI is InChI=1S/C13H24O3/c1-4-7-8-9-12(14)10-11-13(15-5-2)16-6-3/h10-11,13H,4-9H2,1-3H3/b11-10+/i11D. The Kier molecular flexibility index (Phi) is 9.07. The van der Waals surface area contributed by atoms with Gasteiger partial charge in [-0.1, -0.05) is 19.8 Å². The van der Waals surface area contributed by atoms with Crippen molar-refractivity contribution >= 4 is 5.78 Å². The molecule has 0 rings (SSSR count). The molecule has 0 aromatic heterocycles. The number of carbonyl (C=O) groups excluding carboxylic acids is 1. The van der Waals surface area contributed by atoms with Crippen molar-refractivity contribution in [2.24, 2.45) is 0 Å². The third-order valence-electron chi connectivity index (χ3n) is 2.04. The molecule has 0 atom stereocenters. The number of hydrogen-bond acceptors (Lipinski definition) is 3. The number of ether oxygens (including phenoxy) is 2. The van der Waals surface area contributed by atoms with E-state index in [2.05, 4.69) is 6.92 Å². The Labute approximate surface area is 100 Å². The summed E-state index contributed by atoms with van der Waals surface area (Å²) in [5.41, 5.74) is 0. The summed E-state index contributed by atoms with van der Waals surface area (Å²) in [7, 11) is 0. The molecule has 0 N–H and O–H groups in total. The first kappa shape index (κ1) is 13.4. The first-order valence-corrected chi connectivity index (χ1v) is 6.09. The predicted molar refractivity (Wildman–Crippen MR) is 65.3 cm³/mol. The van der Waals surface area contributed by atoms with Gasteiger partial charge in [0, 0.05) is 19.6 Å². The summed E-state index contributed by atoms with van der Waals surface area (Å²) in [6, 6.07) is 0.107. The number of carbonyl (C=O) groups is 1. The summed E-state index contributed by atoms with van der Waals surface area (Å²) in [6.45, 7) is 6.69. The molecule has 0 bridgehead atoms. The van der Waals surface area contributed by atoms with Gasteiger partial charge >= 0.3 is 0 Å². The topological polar surface area (TPSA) is 35.5 Å². The van der Waals surface area contributed by atoms with Crippen LogP contribution in [0.2, 0.25) is 0 Å². The first-order chi connectivity index (χ1) is 8.15. The molecular formula is C13H24O3. The molecule has 3 heteroatoms. The van der Waals surface area contributed by atoms with Crippen LogP contribution in [0.5, 0.6) is 0 Å². The van der Waals surface area contributed by atoms with Crippen molar-refractivity contribution in [3.05, 3.63) is 12.1 Å². The number of unbranched alkanes of at least 4 members (excludes halogenated alkanes) is 2. The lowest BCUT2D eigenvalue weighted by Gasteiger charge is -2.11. The van der Waals surface area contributed by atoms with Crippen LogP contribution in [0.1, 0.15) is 47.8 Å². The SMILES string of the molecule is [2H]/C(=C\C(=O)CCCCC)C(OCC)OCC. The molecular weight excluding hydrogens is 204 g/mol. The minimum absolute atomic E-state index is 0.0205. The van der Waals surface area contributed by atoms with Crippen LogP contribution >= 0.6 is 0 Å². The summed E-state index contributed by atoms with van der Waals surface area (Å²) in [5, 5.41) is 0. The van der Waals surface area contributed by atoms with Crippen LogP contribution in [0.25, 0.3) is 0 Å². The molecule has 0 radical (unpaired) electrons. The lowest BCUT2D eigenvalue weighted by atomic mass is 10.1. The maximum absolute atomic E-state index is 11.5. The van der Waals surface area contributed by atoms with Gasteiger partial charge in [0.1, 0.15) is 0 Å². The van der Waals surface area contributed by atoms with Gasteiger partial charge in [-0.15, -0.1) is 0 Å². The molecule has 0 aliphatic carbocycles. The zero-order chi connectivity index (χ0) is 13.1. The molecule has 0 unspecified atom stereocenters. The van der Waals surface area contributed by atoms with E-state index < -0.39 is 6.29 Å². The quantitative estimate of drug-likeness (QED) is 0.328. The second-order valence-corrected chi connectivity index (χ2v) is 3.48. The average molecular weight is 229 g/mol. The van der Waals surface area contributed by atoms with E-state index in [-0.39, 0.29) is 11.8 Å². The Balaban J connectivity index is 4.21. The zero-order valence-electron chi connectivity index (χ0n) is 11.6. The van der Waals surface area contributed by atoms with Gasteiger partial charge in [0.05, 0.1) is 1.37 Å². The van der Waals surface area contributed by atoms with Gasteiger partial charge in [0.15, 0.2) is 12.1 Å². The molecule has 0 saturated carbocycles. The maximum Gasteiger partial charge on any atom is 0.177 e. The van der Waals surface area contributed by atoms with Gasteiger partial charge in [0.2, 0.25) is 0 Å². The normalized spacial score (nSPS) is 13.0. The minimum Gasteiger partial charge on any atom is -0.349 e. The highest BCUT2D eigenvalue weighted by Crippen LogP contribution is 2.02. The van der Waals surface area contributed by atoms with Gasteiger partial charge in [-0.3, -0.25) is 4.79 Å². The summed E-state index contributed by atoms with van der Waals surface area (Å²) < 4.78 is 18.2. The second kappa shape index (κ2) is 10.8. The van der Waals surface area contributed by atoms with Crippen molar-refractivity contribution in [1.82, 2.24) is 0 Å². The number of hydrogen-bond donors (Lipinski definition) is 0. The van der Waals surface area contributed by atoms with Crippen molar-refractivity contribution in [3.63, 3.8) is 0 Å². The Hall–Kier alpha value is -0.670. The summed E-state index contributed by atoms with van der Waals surface area (Å²) in [6.07, 6.45) is 4.14. The van der Waals surface area contributed by atoms with E-state index in [1.54, 1.807) is 0 Å². The van der Waals surface area contributed by atoms with Crippen LogP contribution in [0.3, 0.4) is 0 Å². The Bertz CT molecular complexity index is 233. The summed E-state index contributed by atoms with van der Waals surface area (Å²) in [5.74, 6) is -0.0205. The molecule has 0 heterocycles. The van der Waals surface area contributed by atoms with Gasteiger partial charge in [-0.05, 0) is 32.4 Å². The van der Waals surface area contributed by atoms with Crippen LogP contribution in [0.4, 0.5) is 0 Å². The number of allylic oxidation sites excluding steroid dienone is 1. The summed E-state index contributed by atoms with van der Waals surface area (Å²) >= 11 is 0. The molecule has 0 aliphatic heterocycles. The highest BCUT2D eigenvalue weighted by molar-refractivity contribution is 5.89. The Morgan fingerprint density at radius 1 is 1.25 bits per heavy atom. The monoisotopic (exact) mass is 229 g/mol. The molecule has 0 saturated heterocycles. The van der Waals surface area contributed by atoms with Crippen molar-refractivity contribution < 1.29 is 15.6 Å². The van der Waals surface area contributed by atoms with E-state index >= 15 is 0 Å². The van der Waals surface area contributed by atoms with Gasteiger partial charge in [-0.25, -0.2) is 0 Å². The van der Waals surface area contributed by atoms with Crippen LogP contribution in [0.15, 0.2) is 12.1 Å². The third-order valence-corrected chi connectivity index (χ3v) is 2.04. The van der Waals surface area contributed by atoms with E-state index in [0.29, 0.717) is 19.6 Å². The first-order valence-electron chi connectivity index (χ1n) is 6.59. The van der Waals surface area contributed by atoms with E-state index in [1.165, 1.54) is 6.08 Å². The average Bonchev–Trinajstić information content (AvgIpc) is 2.29. The summed E-state index contributed by atoms with van der Waals surface area (Å²) in [4.78, 5) is 11.5. The largest absolute Gasteiger partial charge is 0.349 e. The number of rotatable bonds is 10. The molecule has 0 fully saturated rings. The molecule has 3 nitrogen and oxygen atoms in total. The fraction of sp³-hybridized carbons (Fsp3) is 0.769. The number of ketones is 1. The molecule has 0 amide bonds. The Morgan fingerprint density at radius 3 is 2.38 bits per heavy atom. The van der Waals surface area contributed by atoms with Crippen molar-refractivity contribution in [3.8, 4) is 0 Å². The second-order valence-electron chi connectivity index (χ2n) is 3.48. The highest BCUT2D eigenvalue weighted by Gasteiger charge is 2.03. The smallest absolute Gasteiger partial charge is 0.177 e. The van der Waals surface area contributed by atoms with Crippen LogP contribution < -0.4 is 0 Å². The fourth-order valence-electron chi connectivity index (χ4n) is 1.23. The molecule has 16 heavy (non-hydrogen) atoms. The minimum atomic E-state index is -0.708. The van der Waals surface area contributed by atoms with Crippen molar-refractivity contribution in [2.45, 2.75) is 52.7 Å². The van der Waals surface area contributed by atoms with Crippen LogP contribution in [-0.4, -0.2) is 25.3 Å². The molecule has 0 aromatic rings. The van der Waals surface area contributed by atoms with Gasteiger partial charge in [0.25, 0.3) is 0 Å². The van der Waals surface area contributed by atoms with Crippen LogP contribution in [-0.2, 0) is 14.3 Å². The third kappa shape index (κ3) is 8.62. The maximum atomic E-state index is 11.5. The zero-order valence-corrected chi connectivity index (χ0v) is 10.6. The molecule has 0 aromatic carbocycles. The van der Waals surface area contributed by atoms with Gasteiger partial charge in [-0.2, -0.15) is 0 Å². The van der Waals surface area contributed by atoms with Gasteiger partial charge < -0.3 is 9.47 Å². The molecule has 0 spiro atoms. The molecule has 0 aliphatic rings. The van der Waals surface area contributed by atoms with Crippen LogP contribution in [0, 0.1) is 0 Å². The van der Waals surface area contributed by atoms with E-state index in [0.717, 1.165) is 19.3 Å². The lowest BCUT2D eigenvalue weighted by Crippen LogP contribution is -2.14. The predicted octanol–water partition coefficient (Wildman–Crippen LogP) is 3.09. The molecule has 94 valence electrons. The van der Waals surface area contributed by atoms with E-state index in [4.69, 9.17) is 10.8 Å². The van der Waals surface area contributed by atoms with E-state index in [1.807, 2.05) is 13.8 Å². The van der Waals surface area contributed by atoms with E-state index in [9.17, 15) is 4.79 Å². The van der Waals surface area contributed by atoms with Crippen molar-refractivity contribution in [1.29, 1.82) is 0 Å². The fourth-order valence-corrected chi connectivity index (χ4v) is 1.23.